The molecule has 1 atom stereocenters. The van der Waals surface area contributed by atoms with Crippen molar-refractivity contribution in [2.75, 3.05) is 22.8 Å². The van der Waals surface area contributed by atoms with Gasteiger partial charge in [-0.15, -0.1) is 0 Å². The third-order valence-electron chi connectivity index (χ3n) is 2.96. The molecule has 0 saturated heterocycles. The van der Waals surface area contributed by atoms with Crippen LogP contribution in [0.25, 0.3) is 0 Å². The molecule has 1 aromatic rings. The molecular formula is C14H24N2O2S. The predicted molar refractivity (Wildman–Crippen MR) is 82.2 cm³/mol. The highest BCUT2D eigenvalue weighted by molar-refractivity contribution is 7.92. The summed E-state index contributed by atoms with van der Waals surface area (Å²) in [5.74, 6) is 0.638. The van der Waals surface area contributed by atoms with E-state index in [9.17, 15) is 8.42 Å². The summed E-state index contributed by atoms with van der Waals surface area (Å²) in [7, 11) is -3.22. The highest BCUT2D eigenvalue weighted by Crippen LogP contribution is 2.21. The quantitative estimate of drug-likeness (QED) is 0.808. The van der Waals surface area contributed by atoms with E-state index in [1.807, 2.05) is 19.1 Å². The first-order chi connectivity index (χ1) is 8.81. The van der Waals surface area contributed by atoms with Gasteiger partial charge in [-0.05, 0) is 43.0 Å². The molecule has 1 unspecified atom stereocenters. The Balaban J connectivity index is 2.66. The van der Waals surface area contributed by atoms with Crippen LogP contribution in [-0.2, 0) is 10.0 Å². The first-order valence-electron chi connectivity index (χ1n) is 6.64. The molecule has 2 N–H and O–H groups in total. The van der Waals surface area contributed by atoms with E-state index >= 15 is 0 Å². The van der Waals surface area contributed by atoms with Gasteiger partial charge in [0.1, 0.15) is 0 Å². The Labute approximate surface area is 116 Å². The Morgan fingerprint density at radius 3 is 2.53 bits per heavy atom. The van der Waals surface area contributed by atoms with Crippen molar-refractivity contribution in [3.05, 3.63) is 23.8 Å². The summed E-state index contributed by atoms with van der Waals surface area (Å²) in [5.41, 5.74) is 2.58. The van der Waals surface area contributed by atoms with Crippen molar-refractivity contribution in [3.63, 3.8) is 0 Å². The van der Waals surface area contributed by atoms with Crippen molar-refractivity contribution in [3.8, 4) is 0 Å². The van der Waals surface area contributed by atoms with Gasteiger partial charge in [-0.2, -0.15) is 0 Å². The van der Waals surface area contributed by atoms with E-state index in [0.717, 1.165) is 24.1 Å². The Kier molecular flexibility index (Phi) is 5.66. The second kappa shape index (κ2) is 6.80. The fraction of sp³-hybridized carbons (Fsp3) is 0.571. The molecule has 5 heteroatoms. The molecule has 0 aliphatic rings. The summed E-state index contributed by atoms with van der Waals surface area (Å²) >= 11 is 0. The monoisotopic (exact) mass is 284 g/mol. The average Bonchev–Trinajstić information content (AvgIpc) is 2.28. The number of benzene rings is 1. The molecule has 1 rings (SSSR count). The lowest BCUT2D eigenvalue weighted by Gasteiger charge is -2.14. The van der Waals surface area contributed by atoms with E-state index in [1.54, 1.807) is 6.07 Å². The Morgan fingerprint density at radius 2 is 2.00 bits per heavy atom. The molecule has 0 amide bonds. The molecule has 0 radical (unpaired) electrons. The van der Waals surface area contributed by atoms with E-state index in [-0.39, 0.29) is 0 Å². The maximum atomic E-state index is 11.2. The third-order valence-corrected chi connectivity index (χ3v) is 3.55. The SMILES string of the molecule is CCCC(C)CNc1ccc(NS(C)(=O)=O)c(C)c1. The number of aryl methyl sites for hydroxylation is 1. The predicted octanol–water partition coefficient (Wildman–Crippen LogP) is 3.21. The van der Waals surface area contributed by atoms with E-state index in [0.29, 0.717) is 11.6 Å². The lowest BCUT2D eigenvalue weighted by molar-refractivity contribution is 0.551. The Morgan fingerprint density at radius 1 is 1.32 bits per heavy atom. The summed E-state index contributed by atoms with van der Waals surface area (Å²) in [6.07, 6.45) is 3.56. The molecule has 108 valence electrons. The van der Waals surface area contributed by atoms with Crippen LogP contribution in [0.1, 0.15) is 32.3 Å². The summed E-state index contributed by atoms with van der Waals surface area (Å²) in [6, 6.07) is 5.66. The van der Waals surface area contributed by atoms with Crippen molar-refractivity contribution in [1.82, 2.24) is 0 Å². The first kappa shape index (κ1) is 15.8. The molecule has 0 spiro atoms. The van der Waals surface area contributed by atoms with Crippen molar-refractivity contribution in [2.24, 2.45) is 5.92 Å². The fourth-order valence-corrected chi connectivity index (χ4v) is 2.60. The Bertz CT molecular complexity index is 512. The van der Waals surface area contributed by atoms with Crippen molar-refractivity contribution < 1.29 is 8.42 Å². The topological polar surface area (TPSA) is 58.2 Å². The molecule has 0 fully saturated rings. The van der Waals surface area contributed by atoms with Gasteiger partial charge in [-0.25, -0.2) is 8.42 Å². The van der Waals surface area contributed by atoms with E-state index in [2.05, 4.69) is 23.9 Å². The molecule has 0 heterocycles. The number of hydrogen-bond donors (Lipinski definition) is 2. The van der Waals surface area contributed by atoms with Crippen molar-refractivity contribution in [1.29, 1.82) is 0 Å². The van der Waals surface area contributed by atoms with E-state index in [1.165, 1.54) is 12.8 Å². The van der Waals surface area contributed by atoms with Crippen LogP contribution in [0.2, 0.25) is 0 Å². The fourth-order valence-electron chi connectivity index (χ4n) is 1.97. The highest BCUT2D eigenvalue weighted by Gasteiger charge is 2.06. The number of anilines is 2. The summed E-state index contributed by atoms with van der Waals surface area (Å²) < 4.78 is 24.9. The molecule has 4 nitrogen and oxygen atoms in total. The van der Waals surface area contributed by atoms with E-state index < -0.39 is 10.0 Å². The van der Waals surface area contributed by atoms with Crippen LogP contribution in [-0.4, -0.2) is 21.2 Å². The second-order valence-corrected chi connectivity index (χ2v) is 6.93. The zero-order valence-corrected chi connectivity index (χ0v) is 13.0. The lowest BCUT2D eigenvalue weighted by atomic mass is 10.1. The van der Waals surface area contributed by atoms with Crippen LogP contribution in [0.15, 0.2) is 18.2 Å². The molecule has 0 aliphatic heterocycles. The van der Waals surface area contributed by atoms with Gasteiger partial charge in [0.2, 0.25) is 10.0 Å². The van der Waals surface area contributed by atoms with Gasteiger partial charge < -0.3 is 5.32 Å². The maximum absolute atomic E-state index is 11.2. The smallest absolute Gasteiger partial charge is 0.229 e. The van der Waals surface area contributed by atoms with Gasteiger partial charge in [0.15, 0.2) is 0 Å². The van der Waals surface area contributed by atoms with Crippen LogP contribution in [0.4, 0.5) is 11.4 Å². The van der Waals surface area contributed by atoms with Crippen LogP contribution in [0.5, 0.6) is 0 Å². The Hall–Kier alpha value is -1.23. The average molecular weight is 284 g/mol. The minimum atomic E-state index is -3.22. The molecule has 0 bridgehead atoms. The van der Waals surface area contributed by atoms with Gasteiger partial charge in [-0.1, -0.05) is 20.3 Å². The lowest BCUT2D eigenvalue weighted by Crippen LogP contribution is -2.12. The first-order valence-corrected chi connectivity index (χ1v) is 8.53. The third kappa shape index (κ3) is 5.96. The molecule has 0 aliphatic carbocycles. The summed E-state index contributed by atoms with van der Waals surface area (Å²) in [5, 5.41) is 3.38. The number of hydrogen-bond acceptors (Lipinski definition) is 3. The van der Waals surface area contributed by atoms with Crippen molar-refractivity contribution in [2.45, 2.75) is 33.6 Å². The van der Waals surface area contributed by atoms with Gasteiger partial charge in [0.05, 0.1) is 11.9 Å². The van der Waals surface area contributed by atoms with Gasteiger partial charge in [0.25, 0.3) is 0 Å². The van der Waals surface area contributed by atoms with Gasteiger partial charge in [-0.3, -0.25) is 4.72 Å². The molecule has 0 saturated carbocycles. The van der Waals surface area contributed by atoms with Gasteiger partial charge in [0, 0.05) is 12.2 Å². The summed E-state index contributed by atoms with van der Waals surface area (Å²) in [6.45, 7) is 7.25. The van der Waals surface area contributed by atoms with Gasteiger partial charge >= 0.3 is 0 Å². The van der Waals surface area contributed by atoms with Crippen LogP contribution in [0, 0.1) is 12.8 Å². The van der Waals surface area contributed by atoms with Crippen LogP contribution in [0.3, 0.4) is 0 Å². The van der Waals surface area contributed by atoms with Crippen LogP contribution >= 0.6 is 0 Å². The zero-order valence-electron chi connectivity index (χ0n) is 12.2. The van der Waals surface area contributed by atoms with E-state index in [4.69, 9.17) is 0 Å². The molecule has 0 aromatic heterocycles. The molecule has 1 aromatic carbocycles. The highest BCUT2D eigenvalue weighted by atomic mass is 32.2. The number of sulfonamides is 1. The minimum Gasteiger partial charge on any atom is -0.385 e. The maximum Gasteiger partial charge on any atom is 0.229 e. The number of nitrogens with one attached hydrogen (secondary N) is 2. The zero-order chi connectivity index (χ0) is 14.5. The normalized spacial score (nSPS) is 13.1. The largest absolute Gasteiger partial charge is 0.385 e. The summed E-state index contributed by atoms with van der Waals surface area (Å²) in [4.78, 5) is 0. The number of rotatable bonds is 7. The molecule has 19 heavy (non-hydrogen) atoms. The second-order valence-electron chi connectivity index (χ2n) is 5.18. The van der Waals surface area contributed by atoms with Crippen molar-refractivity contribution >= 4 is 21.4 Å². The molecular weight excluding hydrogens is 260 g/mol. The minimum absolute atomic E-state index is 0.634. The van der Waals surface area contributed by atoms with Crippen LogP contribution < -0.4 is 10.0 Å². The standard InChI is InChI=1S/C14H24N2O2S/c1-5-6-11(2)10-15-13-7-8-14(12(3)9-13)16-19(4,17)18/h7-9,11,15-16H,5-6,10H2,1-4H3.